The molecule has 1 aromatic carbocycles. The van der Waals surface area contributed by atoms with Gasteiger partial charge in [-0.15, -0.1) is 0 Å². The summed E-state index contributed by atoms with van der Waals surface area (Å²) in [7, 11) is 0. The fraction of sp³-hybridized carbons (Fsp3) is 0.125. The Balaban J connectivity index is 1.61. The molecule has 22 heavy (non-hydrogen) atoms. The van der Waals surface area contributed by atoms with E-state index in [1.165, 1.54) is 12.1 Å². The lowest BCUT2D eigenvalue weighted by molar-refractivity contribution is -0.120. The number of carbonyl (C=O) groups excluding carboxylic acids is 1. The number of hydrogen-bond donors (Lipinski definition) is 1. The van der Waals surface area contributed by atoms with Gasteiger partial charge in [0, 0.05) is 18.9 Å². The first kappa shape index (κ1) is 14.5. The number of carbonyl (C=O) groups is 1. The maximum atomic E-state index is 13.1. The Bertz CT molecular complexity index is 798. The Morgan fingerprint density at radius 3 is 2.95 bits per heavy atom. The van der Waals surface area contributed by atoms with Crippen LogP contribution in [0.25, 0.3) is 5.65 Å². The first-order valence-electron chi connectivity index (χ1n) is 6.75. The van der Waals surface area contributed by atoms with Crippen LogP contribution in [0.15, 0.2) is 48.8 Å². The van der Waals surface area contributed by atoms with E-state index in [4.69, 9.17) is 11.6 Å². The number of aromatic nitrogens is 2. The van der Waals surface area contributed by atoms with Crippen molar-refractivity contribution in [3.05, 3.63) is 70.9 Å². The van der Waals surface area contributed by atoms with Gasteiger partial charge in [-0.3, -0.25) is 4.79 Å². The molecule has 4 nitrogen and oxygen atoms in total. The number of rotatable bonds is 4. The number of pyridine rings is 1. The van der Waals surface area contributed by atoms with Crippen LogP contribution in [0.4, 0.5) is 4.39 Å². The molecule has 2 aromatic heterocycles. The van der Waals surface area contributed by atoms with Gasteiger partial charge >= 0.3 is 0 Å². The fourth-order valence-electron chi connectivity index (χ4n) is 2.15. The quantitative estimate of drug-likeness (QED) is 0.804. The van der Waals surface area contributed by atoms with E-state index in [0.29, 0.717) is 12.2 Å². The summed E-state index contributed by atoms with van der Waals surface area (Å²) in [4.78, 5) is 16.3. The Morgan fingerprint density at radius 1 is 1.32 bits per heavy atom. The molecule has 0 aliphatic carbocycles. The van der Waals surface area contributed by atoms with Gasteiger partial charge in [0.05, 0.1) is 17.1 Å². The molecule has 0 radical (unpaired) electrons. The SMILES string of the molecule is O=C(Cc1cn2ccccc2n1)NCc1ccc(F)c(Cl)c1. The molecule has 112 valence electrons. The second-order valence-electron chi connectivity index (χ2n) is 4.90. The molecule has 0 saturated carbocycles. The number of amides is 1. The molecule has 3 aromatic rings. The highest BCUT2D eigenvalue weighted by Gasteiger charge is 2.08. The first-order chi connectivity index (χ1) is 10.6. The summed E-state index contributed by atoms with van der Waals surface area (Å²) in [5.74, 6) is -0.620. The summed E-state index contributed by atoms with van der Waals surface area (Å²) in [5.41, 5.74) is 2.24. The van der Waals surface area contributed by atoms with E-state index >= 15 is 0 Å². The molecule has 2 heterocycles. The third-order valence-electron chi connectivity index (χ3n) is 3.23. The molecule has 1 N–H and O–H groups in total. The van der Waals surface area contributed by atoms with Crippen molar-refractivity contribution in [2.45, 2.75) is 13.0 Å². The molecular formula is C16H13ClFN3O. The van der Waals surface area contributed by atoms with Crippen LogP contribution in [0.1, 0.15) is 11.3 Å². The van der Waals surface area contributed by atoms with Crippen LogP contribution < -0.4 is 5.32 Å². The predicted octanol–water partition coefficient (Wildman–Crippen LogP) is 2.99. The topological polar surface area (TPSA) is 46.4 Å². The van der Waals surface area contributed by atoms with Crippen molar-refractivity contribution in [1.29, 1.82) is 0 Å². The van der Waals surface area contributed by atoms with Crippen molar-refractivity contribution >= 4 is 23.2 Å². The maximum absolute atomic E-state index is 13.1. The molecule has 0 unspecified atom stereocenters. The van der Waals surface area contributed by atoms with Crippen molar-refractivity contribution in [2.24, 2.45) is 0 Å². The van der Waals surface area contributed by atoms with Crippen LogP contribution in [0.3, 0.4) is 0 Å². The number of imidazole rings is 1. The second kappa shape index (κ2) is 6.15. The molecule has 0 saturated heterocycles. The molecule has 0 aliphatic heterocycles. The van der Waals surface area contributed by atoms with Gasteiger partial charge in [-0.05, 0) is 29.8 Å². The Morgan fingerprint density at radius 2 is 2.18 bits per heavy atom. The van der Waals surface area contributed by atoms with Crippen LogP contribution in [-0.4, -0.2) is 15.3 Å². The highest BCUT2D eigenvalue weighted by molar-refractivity contribution is 6.30. The van der Waals surface area contributed by atoms with Crippen LogP contribution in [0, 0.1) is 5.82 Å². The highest BCUT2D eigenvalue weighted by Crippen LogP contribution is 2.15. The van der Waals surface area contributed by atoms with Gasteiger partial charge in [0.1, 0.15) is 11.5 Å². The van der Waals surface area contributed by atoms with E-state index in [1.54, 1.807) is 6.07 Å². The van der Waals surface area contributed by atoms with Crippen molar-refractivity contribution in [3.8, 4) is 0 Å². The zero-order valence-corrected chi connectivity index (χ0v) is 12.3. The molecule has 0 fully saturated rings. The normalized spacial score (nSPS) is 10.8. The number of benzene rings is 1. The van der Waals surface area contributed by atoms with Gasteiger partial charge in [0.15, 0.2) is 0 Å². The number of nitrogens with zero attached hydrogens (tertiary/aromatic N) is 2. The highest BCUT2D eigenvalue weighted by atomic mass is 35.5. The standard InChI is InChI=1S/C16H13ClFN3O/c17-13-7-11(4-5-14(13)18)9-19-16(22)8-12-10-21-6-2-1-3-15(21)20-12/h1-7,10H,8-9H2,(H,19,22). The van der Waals surface area contributed by atoms with Crippen LogP contribution in [-0.2, 0) is 17.8 Å². The van der Waals surface area contributed by atoms with Crippen molar-refractivity contribution < 1.29 is 9.18 Å². The first-order valence-corrected chi connectivity index (χ1v) is 7.13. The molecule has 0 atom stereocenters. The lowest BCUT2D eigenvalue weighted by Gasteiger charge is -2.05. The van der Waals surface area contributed by atoms with E-state index in [0.717, 1.165) is 11.2 Å². The van der Waals surface area contributed by atoms with E-state index in [1.807, 2.05) is 35.0 Å². The summed E-state index contributed by atoms with van der Waals surface area (Å²) < 4.78 is 14.9. The number of hydrogen-bond acceptors (Lipinski definition) is 2. The van der Waals surface area contributed by atoms with E-state index < -0.39 is 5.82 Å². The smallest absolute Gasteiger partial charge is 0.226 e. The van der Waals surface area contributed by atoms with Gasteiger partial charge < -0.3 is 9.72 Å². The minimum atomic E-state index is -0.471. The van der Waals surface area contributed by atoms with Crippen LogP contribution >= 0.6 is 11.6 Å². The summed E-state index contributed by atoms with van der Waals surface area (Å²) in [6, 6.07) is 10.0. The Kier molecular flexibility index (Phi) is 4.06. The molecule has 0 spiro atoms. The number of nitrogens with one attached hydrogen (secondary N) is 1. The fourth-order valence-corrected chi connectivity index (χ4v) is 2.35. The second-order valence-corrected chi connectivity index (χ2v) is 5.31. The van der Waals surface area contributed by atoms with Crippen LogP contribution in [0.5, 0.6) is 0 Å². The molecule has 0 aliphatic rings. The van der Waals surface area contributed by atoms with Crippen molar-refractivity contribution in [3.63, 3.8) is 0 Å². The molecular weight excluding hydrogens is 305 g/mol. The minimum absolute atomic E-state index is 0.0482. The Hall–Kier alpha value is -2.40. The largest absolute Gasteiger partial charge is 0.352 e. The number of fused-ring (bicyclic) bond motifs is 1. The summed E-state index contributed by atoms with van der Waals surface area (Å²) in [6.45, 7) is 0.298. The monoisotopic (exact) mass is 317 g/mol. The van der Waals surface area contributed by atoms with Gasteiger partial charge in [-0.25, -0.2) is 9.37 Å². The number of halogens is 2. The minimum Gasteiger partial charge on any atom is -0.352 e. The zero-order valence-electron chi connectivity index (χ0n) is 11.6. The molecule has 6 heteroatoms. The summed E-state index contributed by atoms with van der Waals surface area (Å²) in [6.07, 6.45) is 3.89. The molecule has 1 amide bonds. The maximum Gasteiger partial charge on any atom is 0.226 e. The molecule has 3 rings (SSSR count). The Labute approximate surface area is 131 Å². The lowest BCUT2D eigenvalue weighted by Crippen LogP contribution is -2.24. The predicted molar refractivity (Wildman–Crippen MR) is 82.2 cm³/mol. The van der Waals surface area contributed by atoms with Gasteiger partial charge in [0.25, 0.3) is 0 Å². The van der Waals surface area contributed by atoms with Gasteiger partial charge in [0.2, 0.25) is 5.91 Å². The third kappa shape index (κ3) is 3.26. The van der Waals surface area contributed by atoms with E-state index in [2.05, 4.69) is 10.3 Å². The average molecular weight is 318 g/mol. The van der Waals surface area contributed by atoms with Gasteiger partial charge in [-0.1, -0.05) is 23.7 Å². The van der Waals surface area contributed by atoms with Crippen molar-refractivity contribution in [1.82, 2.24) is 14.7 Å². The van der Waals surface area contributed by atoms with E-state index in [9.17, 15) is 9.18 Å². The van der Waals surface area contributed by atoms with Gasteiger partial charge in [-0.2, -0.15) is 0 Å². The molecule has 0 bridgehead atoms. The van der Waals surface area contributed by atoms with Crippen molar-refractivity contribution in [2.75, 3.05) is 0 Å². The average Bonchev–Trinajstić information content (AvgIpc) is 2.90. The lowest BCUT2D eigenvalue weighted by atomic mass is 10.2. The zero-order chi connectivity index (χ0) is 15.5. The summed E-state index contributed by atoms with van der Waals surface area (Å²) in [5, 5.41) is 2.82. The van der Waals surface area contributed by atoms with E-state index in [-0.39, 0.29) is 17.4 Å². The summed E-state index contributed by atoms with van der Waals surface area (Å²) >= 11 is 5.70. The van der Waals surface area contributed by atoms with Crippen LogP contribution in [0.2, 0.25) is 5.02 Å². The third-order valence-corrected chi connectivity index (χ3v) is 3.52.